The van der Waals surface area contributed by atoms with E-state index >= 15 is 0 Å². The molecular weight excluding hydrogens is 136 g/mol. The number of aliphatic hydroxyl groups excluding tert-OH is 1. The molecule has 0 bridgehead atoms. The van der Waals surface area contributed by atoms with Gasteiger partial charge in [0.25, 0.3) is 0 Å². The topological polar surface area (TPSA) is 29.5 Å². The molecule has 2 nitrogen and oxygen atoms in total. The van der Waals surface area contributed by atoms with Crippen molar-refractivity contribution in [3.63, 3.8) is 0 Å². The Morgan fingerprint density at radius 1 is 1.78 bits per heavy atom. The van der Waals surface area contributed by atoms with Gasteiger partial charge >= 0.3 is 0 Å². The molecule has 0 spiro atoms. The third-order valence-electron chi connectivity index (χ3n) is 1.01. The van der Waals surface area contributed by atoms with Crippen LogP contribution in [0.2, 0.25) is 0 Å². The van der Waals surface area contributed by atoms with Gasteiger partial charge in [-0.05, 0) is 11.4 Å². The van der Waals surface area contributed by atoms with Gasteiger partial charge in [-0.15, -0.1) is 11.3 Å². The Morgan fingerprint density at radius 2 is 2.56 bits per heavy atom. The summed E-state index contributed by atoms with van der Waals surface area (Å²) in [6.07, 6.45) is -0.745. The minimum Gasteiger partial charge on any atom is -0.364 e. The van der Waals surface area contributed by atoms with Crippen molar-refractivity contribution in [1.29, 1.82) is 0 Å². The van der Waals surface area contributed by atoms with Gasteiger partial charge in [-0.1, -0.05) is 6.07 Å². The minimum absolute atomic E-state index is 0.745. The van der Waals surface area contributed by atoms with Gasteiger partial charge in [-0.25, -0.2) is 0 Å². The maximum atomic E-state index is 9.01. The molecule has 1 rings (SSSR count). The second-order valence-corrected chi connectivity index (χ2v) is 2.58. The highest BCUT2D eigenvalue weighted by Crippen LogP contribution is 2.18. The monoisotopic (exact) mass is 144 g/mol. The lowest BCUT2D eigenvalue weighted by atomic mass is 10.5. The molecule has 1 N–H and O–H groups in total. The van der Waals surface area contributed by atoms with Crippen LogP contribution >= 0.6 is 11.3 Å². The van der Waals surface area contributed by atoms with E-state index < -0.39 is 6.29 Å². The molecule has 1 heterocycles. The molecule has 0 aliphatic heterocycles. The molecular formula is C6H8O2S. The quantitative estimate of drug-likeness (QED) is 0.635. The van der Waals surface area contributed by atoms with Gasteiger partial charge in [-0.3, -0.25) is 0 Å². The second kappa shape index (κ2) is 2.96. The van der Waals surface area contributed by atoms with Crippen LogP contribution in [0.15, 0.2) is 17.5 Å². The van der Waals surface area contributed by atoms with Gasteiger partial charge in [0.05, 0.1) is 4.88 Å². The Morgan fingerprint density at radius 3 is 3.00 bits per heavy atom. The van der Waals surface area contributed by atoms with Crippen LogP contribution in [0, 0.1) is 0 Å². The minimum atomic E-state index is -0.745. The Labute approximate surface area is 57.7 Å². The summed E-state index contributed by atoms with van der Waals surface area (Å²) >= 11 is 1.48. The van der Waals surface area contributed by atoms with Crippen molar-refractivity contribution in [2.75, 3.05) is 7.11 Å². The molecule has 3 heteroatoms. The zero-order valence-corrected chi connectivity index (χ0v) is 5.89. The van der Waals surface area contributed by atoms with Crippen LogP contribution in [0.4, 0.5) is 0 Å². The van der Waals surface area contributed by atoms with E-state index in [1.54, 1.807) is 0 Å². The summed E-state index contributed by atoms with van der Waals surface area (Å²) < 4.78 is 4.66. The maximum absolute atomic E-state index is 9.01. The maximum Gasteiger partial charge on any atom is 0.190 e. The molecule has 0 saturated carbocycles. The summed E-state index contributed by atoms with van der Waals surface area (Å²) in [6, 6.07) is 3.71. The Balaban J connectivity index is 2.65. The van der Waals surface area contributed by atoms with E-state index in [0.717, 1.165) is 4.88 Å². The molecule has 1 aromatic rings. The van der Waals surface area contributed by atoms with Crippen molar-refractivity contribution in [3.8, 4) is 0 Å². The molecule has 50 valence electrons. The van der Waals surface area contributed by atoms with Crippen molar-refractivity contribution in [2.24, 2.45) is 0 Å². The Bertz CT molecular complexity index is 160. The molecule has 0 aliphatic rings. The van der Waals surface area contributed by atoms with Crippen LogP contribution in [0.25, 0.3) is 0 Å². The lowest BCUT2D eigenvalue weighted by molar-refractivity contribution is -0.0743. The molecule has 9 heavy (non-hydrogen) atoms. The van der Waals surface area contributed by atoms with Gasteiger partial charge < -0.3 is 9.84 Å². The summed E-state index contributed by atoms with van der Waals surface area (Å²) in [4.78, 5) is 0.845. The van der Waals surface area contributed by atoms with Crippen LogP contribution in [-0.4, -0.2) is 12.2 Å². The number of rotatable bonds is 2. The summed E-state index contributed by atoms with van der Waals surface area (Å²) in [6.45, 7) is 0. The average molecular weight is 144 g/mol. The third-order valence-corrected chi connectivity index (χ3v) is 1.91. The summed E-state index contributed by atoms with van der Waals surface area (Å²) in [5.74, 6) is 0. The molecule has 0 amide bonds. The largest absolute Gasteiger partial charge is 0.364 e. The van der Waals surface area contributed by atoms with E-state index in [-0.39, 0.29) is 0 Å². The summed E-state index contributed by atoms with van der Waals surface area (Å²) in [5.41, 5.74) is 0. The van der Waals surface area contributed by atoms with Gasteiger partial charge in [0.15, 0.2) is 6.29 Å². The molecule has 1 unspecified atom stereocenters. The van der Waals surface area contributed by atoms with Crippen molar-refractivity contribution in [3.05, 3.63) is 22.4 Å². The average Bonchev–Trinajstić information content (AvgIpc) is 2.37. The first kappa shape index (κ1) is 6.74. The highest BCUT2D eigenvalue weighted by molar-refractivity contribution is 7.09. The molecule has 0 aliphatic carbocycles. The molecule has 0 radical (unpaired) electrons. The standard InChI is InChI=1S/C6H8O2S/c1-8-6(7)5-3-2-4-9-5/h2-4,6-7H,1H3. The normalized spacial score (nSPS) is 13.6. The van der Waals surface area contributed by atoms with E-state index in [1.165, 1.54) is 18.4 Å². The van der Waals surface area contributed by atoms with Crippen LogP contribution in [0.5, 0.6) is 0 Å². The zero-order valence-electron chi connectivity index (χ0n) is 5.07. The first-order valence-corrected chi connectivity index (χ1v) is 3.47. The molecule has 1 aromatic heterocycles. The van der Waals surface area contributed by atoms with Gasteiger partial charge in [-0.2, -0.15) is 0 Å². The Hall–Kier alpha value is -0.380. The van der Waals surface area contributed by atoms with Gasteiger partial charge in [0.2, 0.25) is 0 Å². The van der Waals surface area contributed by atoms with E-state index in [4.69, 9.17) is 5.11 Å². The number of aliphatic hydroxyl groups is 1. The lowest BCUT2D eigenvalue weighted by Crippen LogP contribution is -1.94. The summed E-state index contributed by atoms with van der Waals surface area (Å²) in [5, 5.41) is 10.9. The fourth-order valence-corrected chi connectivity index (χ4v) is 1.23. The third kappa shape index (κ3) is 1.51. The number of hydrogen-bond acceptors (Lipinski definition) is 3. The number of methoxy groups -OCH3 is 1. The molecule has 1 atom stereocenters. The molecule has 0 saturated heterocycles. The predicted molar refractivity (Wildman–Crippen MR) is 36.3 cm³/mol. The Kier molecular flexibility index (Phi) is 2.22. The van der Waals surface area contributed by atoms with E-state index in [1.807, 2.05) is 17.5 Å². The van der Waals surface area contributed by atoms with E-state index in [9.17, 15) is 0 Å². The first-order valence-electron chi connectivity index (χ1n) is 2.59. The van der Waals surface area contributed by atoms with E-state index in [0.29, 0.717) is 0 Å². The van der Waals surface area contributed by atoms with Crippen molar-refractivity contribution < 1.29 is 9.84 Å². The lowest BCUT2D eigenvalue weighted by Gasteiger charge is -2.02. The van der Waals surface area contributed by atoms with Crippen LogP contribution in [-0.2, 0) is 4.74 Å². The highest BCUT2D eigenvalue weighted by atomic mass is 32.1. The van der Waals surface area contributed by atoms with Crippen molar-refractivity contribution >= 4 is 11.3 Å². The second-order valence-electron chi connectivity index (χ2n) is 1.60. The predicted octanol–water partition coefficient (Wildman–Crippen LogP) is 1.39. The van der Waals surface area contributed by atoms with Crippen molar-refractivity contribution in [2.45, 2.75) is 6.29 Å². The van der Waals surface area contributed by atoms with E-state index in [2.05, 4.69) is 4.74 Å². The summed E-state index contributed by atoms with van der Waals surface area (Å²) in [7, 11) is 1.48. The fourth-order valence-electron chi connectivity index (χ4n) is 0.548. The number of hydrogen-bond donors (Lipinski definition) is 1. The number of ether oxygens (including phenoxy) is 1. The SMILES string of the molecule is COC(O)c1cccs1. The molecule has 0 fully saturated rings. The number of thiophene rings is 1. The van der Waals surface area contributed by atoms with Crippen LogP contribution < -0.4 is 0 Å². The van der Waals surface area contributed by atoms with Crippen LogP contribution in [0.1, 0.15) is 11.2 Å². The van der Waals surface area contributed by atoms with Crippen LogP contribution in [0.3, 0.4) is 0 Å². The highest BCUT2D eigenvalue weighted by Gasteiger charge is 2.03. The van der Waals surface area contributed by atoms with Gasteiger partial charge in [0.1, 0.15) is 0 Å². The molecule has 0 aromatic carbocycles. The fraction of sp³-hybridized carbons (Fsp3) is 0.333. The first-order chi connectivity index (χ1) is 4.34. The zero-order chi connectivity index (χ0) is 6.69. The smallest absolute Gasteiger partial charge is 0.190 e. The van der Waals surface area contributed by atoms with Gasteiger partial charge in [0, 0.05) is 7.11 Å². The van der Waals surface area contributed by atoms with Crippen molar-refractivity contribution in [1.82, 2.24) is 0 Å².